The molecule has 0 aromatic heterocycles. The number of nitrogens with zero attached hydrogens (tertiary/aromatic N) is 1. The Morgan fingerprint density at radius 1 is 1.11 bits per heavy atom. The molecule has 0 radical (unpaired) electrons. The Morgan fingerprint density at radius 2 is 1.89 bits per heavy atom. The molecule has 2 aromatic carbocycles. The number of likely N-dealkylation sites (tertiary alicyclic amines) is 1. The normalized spacial score (nSPS) is 21.7. The van der Waals surface area contributed by atoms with Gasteiger partial charge in [0.15, 0.2) is 0 Å². The van der Waals surface area contributed by atoms with Crippen molar-refractivity contribution in [2.24, 2.45) is 5.41 Å². The first-order chi connectivity index (χ1) is 12.6. The Hall–Kier alpha value is -1.75. The highest BCUT2D eigenvalue weighted by atomic mass is 35.5. The second-order valence-electron chi connectivity index (χ2n) is 7.47. The average molecular weight is 406 g/mol. The predicted molar refractivity (Wildman–Crippen MR) is 114 cm³/mol. The van der Waals surface area contributed by atoms with Gasteiger partial charge in [0, 0.05) is 35.8 Å². The van der Waals surface area contributed by atoms with Crippen LogP contribution in [0.25, 0.3) is 11.1 Å². The minimum atomic E-state index is -0.000723. The van der Waals surface area contributed by atoms with Crippen LogP contribution in [0.3, 0.4) is 0 Å². The van der Waals surface area contributed by atoms with Crippen molar-refractivity contribution in [3.05, 3.63) is 53.6 Å². The predicted octanol–water partition coefficient (Wildman–Crippen LogP) is 5.04. The van der Waals surface area contributed by atoms with Crippen molar-refractivity contribution < 1.29 is 4.79 Å². The number of carbonyl (C=O) groups excluding carboxylic acids is 1. The molecule has 0 bridgehead atoms. The van der Waals surface area contributed by atoms with Crippen LogP contribution >= 0.6 is 24.0 Å². The Kier molecular flexibility index (Phi) is 6.30. The molecule has 0 aliphatic carbocycles. The summed E-state index contributed by atoms with van der Waals surface area (Å²) in [6, 6.07) is 15.7. The summed E-state index contributed by atoms with van der Waals surface area (Å²) in [6.07, 6.45) is 3.46. The third-order valence-electron chi connectivity index (χ3n) is 5.55. The zero-order chi connectivity index (χ0) is 18.0. The van der Waals surface area contributed by atoms with Crippen molar-refractivity contribution in [2.75, 3.05) is 31.5 Å². The maximum absolute atomic E-state index is 12.8. The van der Waals surface area contributed by atoms with Gasteiger partial charge in [0.25, 0.3) is 0 Å². The number of rotatable bonds is 2. The van der Waals surface area contributed by atoms with Gasteiger partial charge in [0.2, 0.25) is 0 Å². The van der Waals surface area contributed by atoms with Gasteiger partial charge in [-0.1, -0.05) is 35.9 Å². The van der Waals surface area contributed by atoms with Crippen LogP contribution in [-0.4, -0.2) is 37.1 Å². The molecular formula is C21H25Cl2N3O. The van der Waals surface area contributed by atoms with Gasteiger partial charge >= 0.3 is 6.03 Å². The van der Waals surface area contributed by atoms with E-state index in [9.17, 15) is 4.79 Å². The summed E-state index contributed by atoms with van der Waals surface area (Å²) in [5.74, 6) is 0. The molecule has 2 amide bonds. The number of piperidine rings is 1. The third kappa shape index (κ3) is 4.57. The SMILES string of the molecule is Cl.O=C(Nc1cccc(-c2cccc(Cl)c2)c1)N1CCCC2(CCNC2)C1. The summed E-state index contributed by atoms with van der Waals surface area (Å²) >= 11 is 6.10. The smallest absolute Gasteiger partial charge is 0.321 e. The van der Waals surface area contributed by atoms with Crippen molar-refractivity contribution in [3.8, 4) is 11.1 Å². The van der Waals surface area contributed by atoms with Crippen molar-refractivity contribution >= 4 is 35.7 Å². The molecule has 0 saturated carbocycles. The zero-order valence-corrected chi connectivity index (χ0v) is 16.8. The van der Waals surface area contributed by atoms with Gasteiger partial charge in [0.1, 0.15) is 0 Å². The van der Waals surface area contributed by atoms with Gasteiger partial charge in [-0.15, -0.1) is 12.4 Å². The molecule has 2 heterocycles. The van der Waals surface area contributed by atoms with E-state index in [4.69, 9.17) is 11.6 Å². The maximum Gasteiger partial charge on any atom is 0.321 e. The highest BCUT2D eigenvalue weighted by Crippen LogP contribution is 2.35. The second kappa shape index (κ2) is 8.51. The number of benzene rings is 2. The number of urea groups is 1. The molecule has 1 unspecified atom stereocenters. The Labute approximate surface area is 171 Å². The number of hydrogen-bond acceptors (Lipinski definition) is 2. The van der Waals surface area contributed by atoms with E-state index in [1.807, 2.05) is 53.4 Å². The van der Waals surface area contributed by atoms with Crippen LogP contribution in [0.2, 0.25) is 5.02 Å². The van der Waals surface area contributed by atoms with Crippen LogP contribution in [0.1, 0.15) is 19.3 Å². The number of anilines is 1. The van der Waals surface area contributed by atoms with Crippen LogP contribution in [0.5, 0.6) is 0 Å². The molecule has 6 heteroatoms. The lowest BCUT2D eigenvalue weighted by molar-refractivity contribution is 0.125. The number of amides is 2. The number of carbonyl (C=O) groups is 1. The van der Waals surface area contributed by atoms with Crippen LogP contribution < -0.4 is 10.6 Å². The van der Waals surface area contributed by atoms with Crippen LogP contribution in [0, 0.1) is 5.41 Å². The van der Waals surface area contributed by atoms with E-state index in [1.165, 1.54) is 12.8 Å². The molecule has 2 aliphatic rings. The molecule has 4 nitrogen and oxygen atoms in total. The number of halogens is 2. The van der Waals surface area contributed by atoms with E-state index in [-0.39, 0.29) is 23.9 Å². The molecule has 2 fully saturated rings. The summed E-state index contributed by atoms with van der Waals surface area (Å²) in [6.45, 7) is 3.78. The fraction of sp³-hybridized carbons (Fsp3) is 0.381. The Bertz CT molecular complexity index is 806. The first kappa shape index (κ1) is 20.0. The molecule has 2 aromatic rings. The standard InChI is InChI=1S/C21H24ClN3O.ClH/c22-18-6-1-4-16(12-18)17-5-2-7-19(13-17)24-20(26)25-11-3-8-21(15-25)9-10-23-14-21;/h1-2,4-7,12-13,23H,3,8-11,14-15H2,(H,24,26);1H. The van der Waals surface area contributed by atoms with Crippen LogP contribution in [0.15, 0.2) is 48.5 Å². The molecule has 1 atom stereocenters. The summed E-state index contributed by atoms with van der Waals surface area (Å²) in [4.78, 5) is 14.8. The second-order valence-corrected chi connectivity index (χ2v) is 7.91. The van der Waals surface area contributed by atoms with E-state index in [0.717, 1.165) is 49.4 Å². The van der Waals surface area contributed by atoms with Gasteiger partial charge < -0.3 is 15.5 Å². The average Bonchev–Trinajstić information content (AvgIpc) is 3.09. The molecule has 2 aliphatic heterocycles. The monoisotopic (exact) mass is 405 g/mol. The number of hydrogen-bond donors (Lipinski definition) is 2. The Morgan fingerprint density at radius 3 is 2.63 bits per heavy atom. The summed E-state index contributed by atoms with van der Waals surface area (Å²) in [5.41, 5.74) is 3.18. The van der Waals surface area contributed by atoms with E-state index < -0.39 is 0 Å². The van der Waals surface area contributed by atoms with Crippen molar-refractivity contribution in [1.29, 1.82) is 0 Å². The molecule has 2 saturated heterocycles. The van der Waals surface area contributed by atoms with Gasteiger partial charge in [0.05, 0.1) is 0 Å². The third-order valence-corrected chi connectivity index (χ3v) is 5.79. The quantitative estimate of drug-likeness (QED) is 0.734. The molecule has 1 spiro atoms. The minimum Gasteiger partial charge on any atom is -0.324 e. The molecule has 144 valence electrons. The molecule has 4 rings (SSSR count). The van der Waals surface area contributed by atoms with Gasteiger partial charge in [-0.3, -0.25) is 0 Å². The van der Waals surface area contributed by atoms with Gasteiger partial charge in [-0.2, -0.15) is 0 Å². The maximum atomic E-state index is 12.8. The molecule has 2 N–H and O–H groups in total. The lowest BCUT2D eigenvalue weighted by Crippen LogP contribution is -2.48. The largest absolute Gasteiger partial charge is 0.324 e. The zero-order valence-electron chi connectivity index (χ0n) is 15.2. The highest BCUT2D eigenvalue weighted by Gasteiger charge is 2.39. The first-order valence-electron chi connectivity index (χ1n) is 9.26. The van der Waals surface area contributed by atoms with Crippen LogP contribution in [0.4, 0.5) is 10.5 Å². The number of nitrogens with one attached hydrogen (secondary N) is 2. The minimum absolute atomic E-state index is 0. The summed E-state index contributed by atoms with van der Waals surface area (Å²) < 4.78 is 0. The van der Waals surface area contributed by atoms with Crippen LogP contribution in [-0.2, 0) is 0 Å². The first-order valence-corrected chi connectivity index (χ1v) is 9.64. The van der Waals surface area contributed by atoms with Crippen molar-refractivity contribution in [3.63, 3.8) is 0 Å². The Balaban J connectivity index is 0.00000210. The van der Waals surface area contributed by atoms with Gasteiger partial charge in [-0.05, 0) is 61.2 Å². The summed E-state index contributed by atoms with van der Waals surface area (Å²) in [5, 5.41) is 7.24. The topological polar surface area (TPSA) is 44.4 Å². The lowest BCUT2D eigenvalue weighted by Gasteiger charge is -2.39. The van der Waals surface area contributed by atoms with Crippen molar-refractivity contribution in [1.82, 2.24) is 10.2 Å². The van der Waals surface area contributed by atoms with E-state index >= 15 is 0 Å². The fourth-order valence-corrected chi connectivity index (χ4v) is 4.36. The van der Waals surface area contributed by atoms with E-state index in [2.05, 4.69) is 10.6 Å². The molecular weight excluding hydrogens is 381 g/mol. The van der Waals surface area contributed by atoms with Crippen molar-refractivity contribution in [2.45, 2.75) is 19.3 Å². The highest BCUT2D eigenvalue weighted by molar-refractivity contribution is 6.30. The fourth-order valence-electron chi connectivity index (χ4n) is 4.17. The lowest BCUT2D eigenvalue weighted by atomic mass is 9.79. The van der Waals surface area contributed by atoms with E-state index in [1.54, 1.807) is 0 Å². The van der Waals surface area contributed by atoms with Gasteiger partial charge in [-0.25, -0.2) is 4.79 Å². The molecule has 27 heavy (non-hydrogen) atoms. The van der Waals surface area contributed by atoms with E-state index in [0.29, 0.717) is 5.02 Å². The summed E-state index contributed by atoms with van der Waals surface area (Å²) in [7, 11) is 0.